The molecule has 0 aliphatic rings. The molecule has 1 aromatic heterocycles. The molecule has 1 heterocycles. The van der Waals surface area contributed by atoms with Crippen LogP contribution < -0.4 is 5.32 Å². The molecule has 0 atom stereocenters. The van der Waals surface area contributed by atoms with Crippen molar-refractivity contribution in [3.63, 3.8) is 0 Å². The van der Waals surface area contributed by atoms with E-state index in [9.17, 15) is 14.4 Å². The van der Waals surface area contributed by atoms with Crippen LogP contribution in [0.2, 0.25) is 0 Å². The van der Waals surface area contributed by atoms with Gasteiger partial charge in [0.25, 0.3) is 5.91 Å². The summed E-state index contributed by atoms with van der Waals surface area (Å²) in [5, 5.41) is 2.99. The zero-order valence-electron chi connectivity index (χ0n) is 15.2. The predicted molar refractivity (Wildman–Crippen MR) is 100 cm³/mol. The second-order valence-electron chi connectivity index (χ2n) is 5.52. The summed E-state index contributed by atoms with van der Waals surface area (Å²) in [6.45, 7) is 7.36. The van der Waals surface area contributed by atoms with Crippen molar-refractivity contribution in [2.75, 3.05) is 18.5 Å². The SMILES string of the molecule is CCOC(=O)c1sc(NC(=O)c2ccc(C)cc2)c(C(=O)OCC)c1C. The van der Waals surface area contributed by atoms with Crippen LogP contribution in [0.3, 0.4) is 0 Å². The summed E-state index contributed by atoms with van der Waals surface area (Å²) in [6, 6.07) is 7.04. The molecule has 1 amide bonds. The van der Waals surface area contributed by atoms with E-state index in [1.807, 2.05) is 19.1 Å². The van der Waals surface area contributed by atoms with Crippen LogP contribution in [0.5, 0.6) is 0 Å². The Labute approximate surface area is 156 Å². The smallest absolute Gasteiger partial charge is 0.348 e. The molecule has 0 bridgehead atoms. The Kier molecular flexibility index (Phi) is 6.52. The van der Waals surface area contributed by atoms with Crippen molar-refractivity contribution in [2.45, 2.75) is 27.7 Å². The molecule has 6 nitrogen and oxygen atoms in total. The van der Waals surface area contributed by atoms with E-state index in [2.05, 4.69) is 5.32 Å². The van der Waals surface area contributed by atoms with Crippen molar-refractivity contribution >= 4 is 34.2 Å². The van der Waals surface area contributed by atoms with Crippen molar-refractivity contribution in [1.82, 2.24) is 0 Å². The summed E-state index contributed by atoms with van der Waals surface area (Å²) in [4.78, 5) is 37.2. The molecular formula is C19H21NO5S. The van der Waals surface area contributed by atoms with Crippen LogP contribution in [-0.2, 0) is 9.47 Å². The monoisotopic (exact) mass is 375 g/mol. The van der Waals surface area contributed by atoms with Crippen LogP contribution >= 0.6 is 11.3 Å². The van der Waals surface area contributed by atoms with E-state index in [1.165, 1.54) is 0 Å². The molecule has 0 saturated heterocycles. The molecular weight excluding hydrogens is 354 g/mol. The third kappa shape index (κ3) is 4.29. The second-order valence-corrected chi connectivity index (χ2v) is 6.54. The normalized spacial score (nSPS) is 10.3. The first-order chi connectivity index (χ1) is 12.4. The lowest BCUT2D eigenvalue weighted by atomic mass is 10.1. The second kappa shape index (κ2) is 8.62. The molecule has 7 heteroatoms. The van der Waals surface area contributed by atoms with Gasteiger partial charge in [-0.1, -0.05) is 17.7 Å². The Hall–Kier alpha value is -2.67. The Morgan fingerprint density at radius 3 is 2.12 bits per heavy atom. The Balaban J connectivity index is 2.40. The molecule has 0 unspecified atom stereocenters. The van der Waals surface area contributed by atoms with Gasteiger partial charge < -0.3 is 14.8 Å². The van der Waals surface area contributed by atoms with Gasteiger partial charge in [0, 0.05) is 5.56 Å². The summed E-state index contributed by atoms with van der Waals surface area (Å²) in [5.74, 6) is -1.49. The molecule has 0 radical (unpaired) electrons. The number of benzene rings is 1. The minimum atomic E-state index is -0.587. The minimum Gasteiger partial charge on any atom is -0.462 e. The first-order valence-electron chi connectivity index (χ1n) is 8.24. The van der Waals surface area contributed by atoms with Crippen LogP contribution in [0, 0.1) is 13.8 Å². The van der Waals surface area contributed by atoms with Gasteiger partial charge in [0.1, 0.15) is 9.88 Å². The number of hydrogen-bond donors (Lipinski definition) is 1. The van der Waals surface area contributed by atoms with Crippen LogP contribution in [-0.4, -0.2) is 31.1 Å². The van der Waals surface area contributed by atoms with Gasteiger partial charge in [-0.05, 0) is 45.4 Å². The molecule has 26 heavy (non-hydrogen) atoms. The number of ether oxygens (including phenoxy) is 2. The maximum atomic E-state index is 12.5. The quantitative estimate of drug-likeness (QED) is 0.773. The predicted octanol–water partition coefficient (Wildman–Crippen LogP) is 3.97. The van der Waals surface area contributed by atoms with Crippen LogP contribution in [0.25, 0.3) is 0 Å². The number of thiophene rings is 1. The molecule has 0 fully saturated rings. The van der Waals surface area contributed by atoms with E-state index in [0.29, 0.717) is 11.1 Å². The number of esters is 2. The van der Waals surface area contributed by atoms with Gasteiger partial charge in [0.05, 0.1) is 18.8 Å². The Morgan fingerprint density at radius 2 is 1.54 bits per heavy atom. The first-order valence-corrected chi connectivity index (χ1v) is 9.06. The van der Waals surface area contributed by atoms with E-state index < -0.39 is 11.9 Å². The molecule has 0 aliphatic heterocycles. The van der Waals surface area contributed by atoms with Gasteiger partial charge in [-0.2, -0.15) is 0 Å². The highest BCUT2D eigenvalue weighted by Crippen LogP contribution is 2.34. The Morgan fingerprint density at radius 1 is 0.962 bits per heavy atom. The molecule has 0 aliphatic carbocycles. The molecule has 0 spiro atoms. The number of carbonyl (C=O) groups excluding carboxylic acids is 3. The standard InChI is InChI=1S/C19H21NO5S/c1-5-24-18(22)14-12(4)15(19(23)25-6-2)26-17(14)20-16(21)13-9-7-11(3)8-10-13/h7-10H,5-6H2,1-4H3,(H,20,21). The topological polar surface area (TPSA) is 81.7 Å². The van der Waals surface area contributed by atoms with Gasteiger partial charge in [-0.15, -0.1) is 11.3 Å². The van der Waals surface area contributed by atoms with Crippen molar-refractivity contribution in [1.29, 1.82) is 0 Å². The largest absolute Gasteiger partial charge is 0.462 e. The fourth-order valence-corrected chi connectivity index (χ4v) is 3.41. The number of anilines is 1. The highest BCUT2D eigenvalue weighted by molar-refractivity contribution is 7.18. The summed E-state index contributed by atoms with van der Waals surface area (Å²) >= 11 is 1.01. The summed E-state index contributed by atoms with van der Waals surface area (Å²) in [5.41, 5.74) is 2.10. The van der Waals surface area contributed by atoms with E-state index in [-0.39, 0.29) is 34.6 Å². The maximum Gasteiger partial charge on any atom is 0.348 e. The fourth-order valence-electron chi connectivity index (χ4n) is 2.32. The van der Waals surface area contributed by atoms with Gasteiger partial charge in [0.2, 0.25) is 0 Å². The summed E-state index contributed by atoms with van der Waals surface area (Å²) in [7, 11) is 0. The molecule has 1 aromatic carbocycles. The van der Waals surface area contributed by atoms with E-state index in [0.717, 1.165) is 16.9 Å². The lowest BCUT2D eigenvalue weighted by Crippen LogP contribution is -2.15. The molecule has 0 saturated carbocycles. The van der Waals surface area contributed by atoms with Crippen LogP contribution in [0.4, 0.5) is 5.00 Å². The number of hydrogen-bond acceptors (Lipinski definition) is 6. The zero-order valence-corrected chi connectivity index (χ0v) is 16.0. The zero-order chi connectivity index (χ0) is 19.3. The minimum absolute atomic E-state index is 0.181. The summed E-state index contributed by atoms with van der Waals surface area (Å²) < 4.78 is 10.1. The van der Waals surface area contributed by atoms with E-state index >= 15 is 0 Å². The average Bonchev–Trinajstić information content (AvgIpc) is 2.92. The number of amides is 1. The van der Waals surface area contributed by atoms with Gasteiger partial charge in [-0.3, -0.25) is 4.79 Å². The van der Waals surface area contributed by atoms with Crippen LogP contribution in [0.15, 0.2) is 24.3 Å². The number of aryl methyl sites for hydroxylation is 1. The molecule has 2 aromatic rings. The van der Waals surface area contributed by atoms with Gasteiger partial charge in [-0.25, -0.2) is 9.59 Å². The fraction of sp³-hybridized carbons (Fsp3) is 0.316. The van der Waals surface area contributed by atoms with Gasteiger partial charge >= 0.3 is 11.9 Å². The van der Waals surface area contributed by atoms with Crippen molar-refractivity contribution < 1.29 is 23.9 Å². The summed E-state index contributed by atoms with van der Waals surface area (Å²) in [6.07, 6.45) is 0. The van der Waals surface area contributed by atoms with Crippen molar-refractivity contribution in [3.8, 4) is 0 Å². The molecule has 2 rings (SSSR count). The lowest BCUT2D eigenvalue weighted by Gasteiger charge is -2.07. The third-order valence-corrected chi connectivity index (χ3v) is 4.82. The first kappa shape index (κ1) is 19.7. The number of carbonyl (C=O) groups is 3. The Bertz CT molecular complexity index is 823. The van der Waals surface area contributed by atoms with E-state index in [1.54, 1.807) is 32.9 Å². The van der Waals surface area contributed by atoms with Crippen LogP contribution in [0.1, 0.15) is 55.4 Å². The van der Waals surface area contributed by atoms with Gasteiger partial charge in [0.15, 0.2) is 0 Å². The molecule has 1 N–H and O–H groups in total. The lowest BCUT2D eigenvalue weighted by molar-refractivity contribution is 0.0527. The average molecular weight is 375 g/mol. The highest BCUT2D eigenvalue weighted by Gasteiger charge is 2.27. The van der Waals surface area contributed by atoms with Crippen molar-refractivity contribution in [3.05, 3.63) is 51.4 Å². The molecule has 138 valence electrons. The van der Waals surface area contributed by atoms with E-state index in [4.69, 9.17) is 9.47 Å². The van der Waals surface area contributed by atoms with Crippen molar-refractivity contribution in [2.24, 2.45) is 0 Å². The third-order valence-electron chi connectivity index (χ3n) is 3.63. The number of nitrogens with one attached hydrogen (secondary N) is 1. The number of rotatable bonds is 6. The highest BCUT2D eigenvalue weighted by atomic mass is 32.1. The maximum absolute atomic E-state index is 12.5.